The standard InChI is InChI=1S/C26H27BrN4O3/c1-30-12-11-19(29-30)16-34-20-9-10-23-24(14-20)31(15-17-5-4-6-18(27)13-17)25(28-23)21-7-2-3-8-22(21)26(32)33/h4-6,9-14,21-22H,2-3,7-8,15-16H2,1H3,(H,32,33)/t21?,22-/m1/s1. The van der Waals surface area contributed by atoms with E-state index in [1.807, 2.05) is 49.6 Å². The molecule has 34 heavy (non-hydrogen) atoms. The summed E-state index contributed by atoms with van der Waals surface area (Å²) >= 11 is 3.57. The largest absolute Gasteiger partial charge is 0.487 e. The highest BCUT2D eigenvalue weighted by atomic mass is 79.9. The molecule has 0 saturated heterocycles. The Morgan fingerprint density at radius 3 is 2.79 bits per heavy atom. The van der Waals surface area contributed by atoms with Gasteiger partial charge in [0.2, 0.25) is 0 Å². The lowest BCUT2D eigenvalue weighted by Gasteiger charge is -2.28. The fraction of sp³-hybridized carbons (Fsp3) is 0.346. The summed E-state index contributed by atoms with van der Waals surface area (Å²) in [6, 6.07) is 16.0. The topological polar surface area (TPSA) is 82.2 Å². The summed E-state index contributed by atoms with van der Waals surface area (Å²) < 4.78 is 11.0. The molecule has 1 aliphatic carbocycles. The van der Waals surface area contributed by atoms with Gasteiger partial charge in [-0.15, -0.1) is 0 Å². The predicted molar refractivity (Wildman–Crippen MR) is 133 cm³/mol. The minimum Gasteiger partial charge on any atom is -0.487 e. The van der Waals surface area contributed by atoms with Crippen LogP contribution in [-0.2, 0) is 25.0 Å². The molecule has 176 valence electrons. The number of hydrogen-bond acceptors (Lipinski definition) is 4. The highest BCUT2D eigenvalue weighted by molar-refractivity contribution is 9.10. The van der Waals surface area contributed by atoms with Crippen molar-refractivity contribution < 1.29 is 14.6 Å². The summed E-state index contributed by atoms with van der Waals surface area (Å²) in [4.78, 5) is 17.0. The molecular weight excluding hydrogens is 496 g/mol. The number of aliphatic carboxylic acids is 1. The lowest BCUT2D eigenvalue weighted by Crippen LogP contribution is -2.27. The van der Waals surface area contributed by atoms with Gasteiger partial charge in [0.15, 0.2) is 0 Å². The molecule has 0 bridgehead atoms. The van der Waals surface area contributed by atoms with Crippen molar-refractivity contribution in [3.05, 3.63) is 76.3 Å². The minimum absolute atomic E-state index is 0.108. The van der Waals surface area contributed by atoms with E-state index in [1.54, 1.807) is 4.68 Å². The van der Waals surface area contributed by atoms with Crippen LogP contribution in [0.25, 0.3) is 11.0 Å². The van der Waals surface area contributed by atoms with Crippen LogP contribution in [0.3, 0.4) is 0 Å². The normalized spacial score (nSPS) is 18.3. The van der Waals surface area contributed by atoms with Crippen molar-refractivity contribution in [2.24, 2.45) is 13.0 Å². The highest BCUT2D eigenvalue weighted by Crippen LogP contribution is 2.39. The molecule has 1 saturated carbocycles. The van der Waals surface area contributed by atoms with Gasteiger partial charge < -0.3 is 14.4 Å². The smallest absolute Gasteiger partial charge is 0.307 e. The first-order valence-electron chi connectivity index (χ1n) is 11.6. The van der Waals surface area contributed by atoms with Gasteiger partial charge in [-0.05, 0) is 48.7 Å². The zero-order valence-corrected chi connectivity index (χ0v) is 20.6. The molecule has 1 fully saturated rings. The maximum atomic E-state index is 12.1. The first kappa shape index (κ1) is 22.7. The number of imidazole rings is 1. The Labute approximate surface area is 206 Å². The van der Waals surface area contributed by atoms with Crippen LogP contribution in [-0.4, -0.2) is 30.4 Å². The summed E-state index contributed by atoms with van der Waals surface area (Å²) in [5.41, 5.74) is 3.78. The predicted octanol–water partition coefficient (Wildman–Crippen LogP) is 5.52. The van der Waals surface area contributed by atoms with Crippen molar-refractivity contribution in [2.75, 3.05) is 0 Å². The summed E-state index contributed by atoms with van der Waals surface area (Å²) in [5.74, 6) is 0.336. The summed E-state index contributed by atoms with van der Waals surface area (Å²) in [6.45, 7) is 0.987. The second-order valence-corrected chi connectivity index (χ2v) is 9.86. The van der Waals surface area contributed by atoms with Gasteiger partial charge in [-0.25, -0.2) is 4.98 Å². The number of benzene rings is 2. The van der Waals surface area contributed by atoms with Crippen molar-refractivity contribution in [3.8, 4) is 5.75 Å². The van der Waals surface area contributed by atoms with Crippen LogP contribution in [0.4, 0.5) is 0 Å². The van der Waals surface area contributed by atoms with Gasteiger partial charge in [-0.1, -0.05) is 40.9 Å². The lowest BCUT2D eigenvalue weighted by atomic mass is 9.78. The van der Waals surface area contributed by atoms with Gasteiger partial charge >= 0.3 is 5.97 Å². The Bertz CT molecular complexity index is 1330. The van der Waals surface area contributed by atoms with Crippen LogP contribution in [0.5, 0.6) is 5.75 Å². The Balaban J connectivity index is 1.55. The second kappa shape index (κ2) is 9.62. The van der Waals surface area contributed by atoms with E-state index in [0.29, 0.717) is 19.6 Å². The number of carbonyl (C=O) groups is 1. The van der Waals surface area contributed by atoms with E-state index in [1.165, 1.54) is 0 Å². The Hall–Kier alpha value is -3.13. The first-order valence-corrected chi connectivity index (χ1v) is 12.4. The van der Waals surface area contributed by atoms with E-state index in [9.17, 15) is 9.90 Å². The molecule has 2 atom stereocenters. The van der Waals surface area contributed by atoms with E-state index in [4.69, 9.17) is 9.72 Å². The zero-order chi connectivity index (χ0) is 23.7. The monoisotopic (exact) mass is 522 g/mol. The maximum absolute atomic E-state index is 12.1. The number of ether oxygens (including phenoxy) is 1. The van der Waals surface area contributed by atoms with Crippen LogP contribution in [0.1, 0.15) is 48.7 Å². The number of hydrogen-bond donors (Lipinski definition) is 1. The van der Waals surface area contributed by atoms with Crippen LogP contribution in [0.15, 0.2) is 59.2 Å². The van der Waals surface area contributed by atoms with Gasteiger partial charge in [-0.3, -0.25) is 9.48 Å². The van der Waals surface area contributed by atoms with Crippen LogP contribution in [0.2, 0.25) is 0 Å². The number of fused-ring (bicyclic) bond motifs is 1. The number of aromatic nitrogens is 4. The zero-order valence-electron chi connectivity index (χ0n) is 19.0. The van der Waals surface area contributed by atoms with Crippen molar-refractivity contribution in [1.82, 2.24) is 19.3 Å². The summed E-state index contributed by atoms with van der Waals surface area (Å²) in [6.07, 6.45) is 5.39. The lowest BCUT2D eigenvalue weighted by molar-refractivity contribution is -0.143. The number of aryl methyl sites for hydroxylation is 1. The molecule has 1 N–H and O–H groups in total. The molecule has 2 aromatic heterocycles. The molecule has 0 spiro atoms. The molecule has 7 nitrogen and oxygen atoms in total. The molecule has 5 rings (SSSR count). The second-order valence-electron chi connectivity index (χ2n) is 8.94. The average Bonchev–Trinajstić information content (AvgIpc) is 3.40. The van der Waals surface area contributed by atoms with E-state index in [-0.39, 0.29) is 5.92 Å². The molecule has 4 aromatic rings. The summed E-state index contributed by atoms with van der Waals surface area (Å²) in [7, 11) is 1.88. The van der Waals surface area contributed by atoms with Gasteiger partial charge in [0, 0.05) is 36.2 Å². The number of rotatable bonds is 7. The maximum Gasteiger partial charge on any atom is 0.307 e. The quantitative estimate of drug-likeness (QED) is 0.345. The van der Waals surface area contributed by atoms with E-state index in [0.717, 1.165) is 57.6 Å². The van der Waals surface area contributed by atoms with Gasteiger partial charge in [-0.2, -0.15) is 5.10 Å². The SMILES string of the molecule is Cn1ccc(COc2ccc3nc(C4CCCC[C@H]4C(=O)O)n(Cc4cccc(Br)c4)c3c2)n1. The fourth-order valence-electron chi connectivity index (χ4n) is 4.91. The van der Waals surface area contributed by atoms with E-state index in [2.05, 4.69) is 37.7 Å². The van der Waals surface area contributed by atoms with Crippen molar-refractivity contribution in [2.45, 2.75) is 44.8 Å². The third-order valence-corrected chi connectivity index (χ3v) is 7.04. The molecule has 0 aliphatic heterocycles. The molecule has 0 radical (unpaired) electrons. The number of halogens is 1. The Morgan fingerprint density at radius 1 is 1.18 bits per heavy atom. The van der Waals surface area contributed by atoms with Gasteiger partial charge in [0.1, 0.15) is 18.2 Å². The van der Waals surface area contributed by atoms with Crippen molar-refractivity contribution >= 4 is 32.9 Å². The van der Waals surface area contributed by atoms with Crippen molar-refractivity contribution in [1.29, 1.82) is 0 Å². The summed E-state index contributed by atoms with van der Waals surface area (Å²) in [5, 5.41) is 14.3. The number of nitrogens with zero attached hydrogens (tertiary/aromatic N) is 4. The molecular formula is C26H27BrN4O3. The average molecular weight is 523 g/mol. The number of carboxylic acid groups (broad SMARTS) is 1. The first-order chi connectivity index (χ1) is 16.5. The molecule has 2 aromatic carbocycles. The molecule has 8 heteroatoms. The van der Waals surface area contributed by atoms with Gasteiger partial charge in [0.25, 0.3) is 0 Å². The fourth-order valence-corrected chi connectivity index (χ4v) is 5.36. The number of carboxylic acids is 1. The van der Waals surface area contributed by atoms with Crippen molar-refractivity contribution in [3.63, 3.8) is 0 Å². The van der Waals surface area contributed by atoms with E-state index >= 15 is 0 Å². The van der Waals surface area contributed by atoms with Crippen LogP contribution >= 0.6 is 15.9 Å². The Kier molecular flexibility index (Phi) is 6.41. The Morgan fingerprint density at radius 2 is 2.03 bits per heavy atom. The molecule has 0 amide bonds. The minimum atomic E-state index is -0.731. The third kappa shape index (κ3) is 4.73. The molecule has 1 unspecified atom stereocenters. The van der Waals surface area contributed by atoms with E-state index < -0.39 is 11.9 Å². The molecule has 2 heterocycles. The third-order valence-electron chi connectivity index (χ3n) is 6.55. The van der Waals surface area contributed by atoms with Crippen LogP contribution in [0, 0.1) is 5.92 Å². The highest BCUT2D eigenvalue weighted by Gasteiger charge is 2.35. The van der Waals surface area contributed by atoms with Gasteiger partial charge in [0.05, 0.1) is 22.6 Å². The van der Waals surface area contributed by atoms with Crippen LogP contribution < -0.4 is 4.74 Å². The molecule has 1 aliphatic rings.